The Bertz CT molecular complexity index is 669. The van der Waals surface area contributed by atoms with Crippen LogP contribution in [0.25, 0.3) is 0 Å². The van der Waals surface area contributed by atoms with Crippen LogP contribution in [0.5, 0.6) is 0 Å². The molecule has 124 valence electrons. The number of aryl methyl sites for hydroxylation is 3. The molecule has 0 aliphatic carbocycles. The van der Waals surface area contributed by atoms with Crippen LogP contribution in [0.3, 0.4) is 0 Å². The summed E-state index contributed by atoms with van der Waals surface area (Å²) in [6, 6.07) is 0. The van der Waals surface area contributed by atoms with Crippen molar-refractivity contribution in [2.75, 3.05) is 31.6 Å². The molecule has 0 unspecified atom stereocenters. The van der Waals surface area contributed by atoms with Gasteiger partial charge in [0.25, 0.3) is 0 Å². The molecule has 6 heteroatoms. The Balaban J connectivity index is 1.55. The molecular weight excluding hydrogens is 306 g/mol. The SMILES string of the molecule is Cc1cnc(N2CC[C@@H](CN(C)Cc3scnc3C)C2)nc1C. The lowest BCUT2D eigenvalue weighted by atomic mass is 10.1. The molecule has 2 aromatic heterocycles. The highest BCUT2D eigenvalue weighted by Gasteiger charge is 2.25. The minimum Gasteiger partial charge on any atom is -0.340 e. The minimum absolute atomic E-state index is 0.679. The molecule has 0 amide bonds. The lowest BCUT2D eigenvalue weighted by Crippen LogP contribution is -2.28. The monoisotopic (exact) mass is 331 g/mol. The second-order valence-corrected chi connectivity index (χ2v) is 7.54. The molecule has 23 heavy (non-hydrogen) atoms. The van der Waals surface area contributed by atoms with E-state index in [1.807, 2.05) is 11.7 Å². The summed E-state index contributed by atoms with van der Waals surface area (Å²) in [5, 5.41) is 0. The summed E-state index contributed by atoms with van der Waals surface area (Å²) >= 11 is 1.75. The largest absolute Gasteiger partial charge is 0.340 e. The first kappa shape index (κ1) is 16.3. The second-order valence-electron chi connectivity index (χ2n) is 6.60. The number of anilines is 1. The molecule has 0 spiro atoms. The van der Waals surface area contributed by atoms with Gasteiger partial charge in [-0.1, -0.05) is 0 Å². The third kappa shape index (κ3) is 3.87. The van der Waals surface area contributed by atoms with Crippen molar-refractivity contribution in [2.24, 2.45) is 5.92 Å². The Morgan fingerprint density at radius 1 is 1.26 bits per heavy atom. The Morgan fingerprint density at radius 3 is 2.78 bits per heavy atom. The fourth-order valence-electron chi connectivity index (χ4n) is 3.06. The van der Waals surface area contributed by atoms with Gasteiger partial charge >= 0.3 is 0 Å². The molecule has 1 aliphatic heterocycles. The van der Waals surface area contributed by atoms with E-state index in [0.717, 1.165) is 43.4 Å². The summed E-state index contributed by atoms with van der Waals surface area (Å²) in [6.45, 7) is 10.4. The van der Waals surface area contributed by atoms with Gasteiger partial charge < -0.3 is 9.80 Å². The molecule has 0 aromatic carbocycles. The molecular formula is C17H25N5S. The lowest BCUT2D eigenvalue weighted by molar-refractivity contribution is 0.281. The molecule has 1 fully saturated rings. The Hall–Kier alpha value is -1.53. The number of thiazole rings is 1. The van der Waals surface area contributed by atoms with Gasteiger partial charge in [-0.3, -0.25) is 0 Å². The number of hydrogen-bond donors (Lipinski definition) is 0. The Labute approximate surface area is 142 Å². The van der Waals surface area contributed by atoms with Crippen molar-refractivity contribution in [1.82, 2.24) is 19.9 Å². The van der Waals surface area contributed by atoms with E-state index >= 15 is 0 Å². The molecule has 1 atom stereocenters. The number of aromatic nitrogens is 3. The van der Waals surface area contributed by atoms with Gasteiger partial charge in [-0.15, -0.1) is 11.3 Å². The van der Waals surface area contributed by atoms with Crippen LogP contribution in [0, 0.1) is 26.7 Å². The topological polar surface area (TPSA) is 45.2 Å². The van der Waals surface area contributed by atoms with Crippen molar-refractivity contribution in [3.63, 3.8) is 0 Å². The zero-order valence-electron chi connectivity index (χ0n) is 14.4. The van der Waals surface area contributed by atoms with Crippen LogP contribution in [-0.2, 0) is 6.54 Å². The number of rotatable bonds is 5. The third-order valence-electron chi connectivity index (χ3n) is 4.61. The van der Waals surface area contributed by atoms with Gasteiger partial charge in [0.05, 0.1) is 11.2 Å². The lowest BCUT2D eigenvalue weighted by Gasteiger charge is -2.21. The highest BCUT2D eigenvalue weighted by molar-refractivity contribution is 7.09. The second kappa shape index (κ2) is 6.93. The standard InChI is InChI=1S/C17H25N5S/c1-12-7-18-17(20-13(12)2)22-6-5-15(9-22)8-21(4)10-16-14(3)19-11-23-16/h7,11,15H,5-6,8-10H2,1-4H3/t15-/m0/s1. The fraction of sp³-hybridized carbons (Fsp3) is 0.588. The van der Waals surface area contributed by atoms with E-state index in [1.54, 1.807) is 11.3 Å². The van der Waals surface area contributed by atoms with Crippen molar-refractivity contribution < 1.29 is 0 Å². The van der Waals surface area contributed by atoms with E-state index < -0.39 is 0 Å². The van der Waals surface area contributed by atoms with Gasteiger partial charge in [0.1, 0.15) is 0 Å². The van der Waals surface area contributed by atoms with E-state index in [2.05, 4.69) is 52.6 Å². The average Bonchev–Trinajstić information content (AvgIpc) is 3.12. The summed E-state index contributed by atoms with van der Waals surface area (Å²) < 4.78 is 0. The van der Waals surface area contributed by atoms with Crippen molar-refractivity contribution in [3.8, 4) is 0 Å². The molecule has 0 N–H and O–H groups in total. The van der Waals surface area contributed by atoms with Crippen LogP contribution in [0.4, 0.5) is 5.95 Å². The zero-order chi connectivity index (χ0) is 16.4. The minimum atomic E-state index is 0.679. The Kier molecular flexibility index (Phi) is 4.92. The van der Waals surface area contributed by atoms with Gasteiger partial charge in [-0.25, -0.2) is 15.0 Å². The maximum absolute atomic E-state index is 4.64. The van der Waals surface area contributed by atoms with E-state index in [4.69, 9.17) is 0 Å². The summed E-state index contributed by atoms with van der Waals surface area (Å²) in [7, 11) is 2.20. The highest BCUT2D eigenvalue weighted by atomic mass is 32.1. The molecule has 5 nitrogen and oxygen atoms in total. The average molecular weight is 331 g/mol. The van der Waals surface area contributed by atoms with Crippen LogP contribution >= 0.6 is 11.3 Å². The van der Waals surface area contributed by atoms with E-state index in [1.165, 1.54) is 17.0 Å². The third-order valence-corrected chi connectivity index (χ3v) is 5.53. The normalized spacial score (nSPS) is 18.1. The van der Waals surface area contributed by atoms with Gasteiger partial charge in [0.15, 0.2) is 0 Å². The number of hydrogen-bond acceptors (Lipinski definition) is 6. The van der Waals surface area contributed by atoms with Crippen molar-refractivity contribution in [1.29, 1.82) is 0 Å². The molecule has 1 saturated heterocycles. The zero-order valence-corrected chi connectivity index (χ0v) is 15.2. The summed E-state index contributed by atoms with van der Waals surface area (Å²) in [5.74, 6) is 1.56. The van der Waals surface area contributed by atoms with E-state index in [9.17, 15) is 0 Å². The first-order valence-corrected chi connectivity index (χ1v) is 9.03. The molecule has 0 radical (unpaired) electrons. The van der Waals surface area contributed by atoms with E-state index in [-0.39, 0.29) is 0 Å². The maximum Gasteiger partial charge on any atom is 0.225 e. The maximum atomic E-state index is 4.64. The molecule has 2 aromatic rings. The molecule has 3 rings (SSSR count). The predicted octanol–water partition coefficient (Wildman–Crippen LogP) is 2.82. The van der Waals surface area contributed by atoms with Gasteiger partial charge in [0, 0.05) is 42.9 Å². The smallest absolute Gasteiger partial charge is 0.225 e. The molecule has 0 bridgehead atoms. The van der Waals surface area contributed by atoms with Crippen LogP contribution < -0.4 is 4.90 Å². The molecule has 1 aliphatic rings. The molecule has 0 saturated carbocycles. The van der Waals surface area contributed by atoms with Crippen LogP contribution in [0.2, 0.25) is 0 Å². The fourth-order valence-corrected chi connectivity index (χ4v) is 3.92. The predicted molar refractivity (Wildman–Crippen MR) is 95.0 cm³/mol. The van der Waals surface area contributed by atoms with Gasteiger partial charge in [0.2, 0.25) is 5.95 Å². The summed E-state index contributed by atoms with van der Waals surface area (Å²) in [4.78, 5) is 19.6. The van der Waals surface area contributed by atoms with Crippen molar-refractivity contribution in [3.05, 3.63) is 33.5 Å². The summed E-state index contributed by atoms with van der Waals surface area (Å²) in [5.41, 5.74) is 5.34. The summed E-state index contributed by atoms with van der Waals surface area (Å²) in [6.07, 6.45) is 3.14. The van der Waals surface area contributed by atoms with Crippen LogP contribution in [0.1, 0.15) is 28.2 Å². The first-order chi connectivity index (χ1) is 11.0. The Morgan fingerprint density at radius 2 is 2.09 bits per heavy atom. The molecule has 3 heterocycles. The van der Waals surface area contributed by atoms with Crippen molar-refractivity contribution >= 4 is 17.3 Å². The highest BCUT2D eigenvalue weighted by Crippen LogP contribution is 2.23. The van der Waals surface area contributed by atoms with Gasteiger partial charge in [-0.2, -0.15) is 0 Å². The first-order valence-electron chi connectivity index (χ1n) is 8.15. The number of nitrogens with zero attached hydrogens (tertiary/aromatic N) is 5. The van der Waals surface area contributed by atoms with Crippen LogP contribution in [0.15, 0.2) is 11.7 Å². The van der Waals surface area contributed by atoms with Crippen LogP contribution in [-0.4, -0.2) is 46.5 Å². The van der Waals surface area contributed by atoms with Gasteiger partial charge in [-0.05, 0) is 45.7 Å². The van der Waals surface area contributed by atoms with E-state index in [0.29, 0.717) is 5.92 Å². The van der Waals surface area contributed by atoms with Crippen molar-refractivity contribution in [2.45, 2.75) is 33.7 Å². The quantitative estimate of drug-likeness (QED) is 0.843.